The average Bonchev–Trinajstić information content (AvgIpc) is 3.05. The van der Waals surface area contributed by atoms with Gasteiger partial charge in [-0.3, -0.25) is 18.7 Å². The van der Waals surface area contributed by atoms with E-state index in [0.717, 1.165) is 44.3 Å². The van der Waals surface area contributed by atoms with Crippen molar-refractivity contribution in [1.82, 2.24) is 19.9 Å². The maximum Gasteiger partial charge on any atom is 3.00 e. The molecule has 0 amide bonds. The second-order valence-corrected chi connectivity index (χ2v) is 11.4. The second kappa shape index (κ2) is 15.5. The van der Waals surface area contributed by atoms with Crippen molar-refractivity contribution >= 4 is 29.6 Å². The van der Waals surface area contributed by atoms with E-state index in [0.29, 0.717) is 0 Å². The SMILES string of the molecule is F[P-](F)(F)(F)(F)F.Fc1c[c-]c(-c2ccccn2)cc1.Fc1c[c-]c(-c2ccccn2)cc1.[Ir+3].c1cnc2c(c1)ccc1cccnc12. The summed E-state index contributed by atoms with van der Waals surface area (Å²) in [5.41, 5.74) is 5.19. The van der Waals surface area contributed by atoms with Gasteiger partial charge in [0.05, 0.1) is 11.0 Å². The summed E-state index contributed by atoms with van der Waals surface area (Å²) < 4.78 is 84.3. The molecule has 0 N–H and O–H groups in total. The van der Waals surface area contributed by atoms with E-state index in [1.165, 1.54) is 24.3 Å². The number of rotatable bonds is 2. The van der Waals surface area contributed by atoms with Crippen molar-refractivity contribution in [2.24, 2.45) is 0 Å². The standard InChI is InChI=1S/C12H8N2.2C11H7FN.F6P.Ir/c1-3-9-5-6-10-4-2-8-14-12(10)11(9)13-7-1;2*12-10-6-4-9(5-7-10)11-3-1-2-8-13-11;1-7(2,3,4,5)6;/h1-8H;2*1-4,6-8H;;/q;3*-1;+3. The van der Waals surface area contributed by atoms with Crippen LogP contribution in [0, 0.1) is 23.8 Å². The summed E-state index contributed by atoms with van der Waals surface area (Å²) in [5.74, 6) is -0.556. The largest absolute Gasteiger partial charge is 3.00 e. The van der Waals surface area contributed by atoms with E-state index in [2.05, 4.69) is 56.3 Å². The molecule has 4 nitrogen and oxygen atoms in total. The molecule has 0 saturated heterocycles. The number of halogens is 8. The smallest absolute Gasteiger partial charge is 0.305 e. The zero-order valence-corrected chi connectivity index (χ0v) is 27.6. The van der Waals surface area contributed by atoms with Crippen molar-refractivity contribution in [1.29, 1.82) is 0 Å². The van der Waals surface area contributed by atoms with Crippen LogP contribution in [0.1, 0.15) is 0 Å². The molecule has 0 saturated carbocycles. The Kier molecular flexibility index (Phi) is 12.2. The Hall–Kier alpha value is -4.70. The van der Waals surface area contributed by atoms with Gasteiger partial charge in [-0.2, -0.15) is 0 Å². The van der Waals surface area contributed by atoms with Crippen LogP contribution in [0.5, 0.6) is 0 Å². The molecule has 14 heteroatoms. The van der Waals surface area contributed by atoms with E-state index in [1.54, 1.807) is 36.9 Å². The van der Waals surface area contributed by atoms with Gasteiger partial charge in [0.1, 0.15) is 0 Å². The summed E-state index contributed by atoms with van der Waals surface area (Å²) in [6.07, 6.45) is 7.01. The zero-order chi connectivity index (χ0) is 34.0. The van der Waals surface area contributed by atoms with Crippen molar-refractivity contribution in [2.75, 3.05) is 0 Å². The summed E-state index contributed by atoms with van der Waals surface area (Å²) in [5, 5.41) is 2.28. The number of nitrogens with zero attached hydrogens (tertiary/aromatic N) is 4. The predicted octanol–water partition coefficient (Wildman–Crippen LogP) is 11.5. The molecule has 0 radical (unpaired) electrons. The molecule has 7 rings (SSSR count). The first-order valence-electron chi connectivity index (χ1n) is 13.4. The van der Waals surface area contributed by atoms with Gasteiger partial charge in [-0.05, 0) is 35.7 Å². The molecule has 4 aromatic heterocycles. The van der Waals surface area contributed by atoms with Crippen LogP contribution in [-0.2, 0) is 20.1 Å². The number of hydrogen-bond donors (Lipinski definition) is 0. The summed E-state index contributed by atoms with van der Waals surface area (Å²) in [6.45, 7) is 0. The molecule has 0 unspecified atom stereocenters. The topological polar surface area (TPSA) is 51.6 Å². The fourth-order valence-corrected chi connectivity index (χ4v) is 3.85. The van der Waals surface area contributed by atoms with Gasteiger partial charge in [-0.1, -0.05) is 48.5 Å². The molecule has 7 aromatic rings. The van der Waals surface area contributed by atoms with Crippen molar-refractivity contribution in [3.63, 3.8) is 0 Å². The molecule has 4 heterocycles. The van der Waals surface area contributed by atoms with Crippen LogP contribution in [0.2, 0.25) is 0 Å². The number of pyridine rings is 4. The Balaban J connectivity index is 0.000000177. The molecule has 0 aliphatic carbocycles. The first kappa shape index (κ1) is 37.8. The van der Waals surface area contributed by atoms with Crippen LogP contribution in [-0.4, -0.2) is 19.9 Å². The monoisotopic (exact) mass is 862 g/mol. The Morgan fingerprint density at radius 1 is 0.438 bits per heavy atom. The van der Waals surface area contributed by atoms with Gasteiger partial charge in [0.15, 0.2) is 0 Å². The van der Waals surface area contributed by atoms with Crippen LogP contribution < -0.4 is 0 Å². The molecule has 0 atom stereocenters. The summed E-state index contributed by atoms with van der Waals surface area (Å²) >= 11 is 0. The van der Waals surface area contributed by atoms with Gasteiger partial charge in [0.25, 0.3) is 0 Å². The minimum absolute atomic E-state index is 0. The van der Waals surface area contributed by atoms with E-state index in [-0.39, 0.29) is 31.7 Å². The third kappa shape index (κ3) is 13.6. The van der Waals surface area contributed by atoms with Gasteiger partial charge < -0.3 is 9.97 Å². The van der Waals surface area contributed by atoms with Crippen molar-refractivity contribution in [3.05, 3.63) is 158 Å². The Bertz CT molecular complexity index is 1890. The quantitative estimate of drug-likeness (QED) is 0.0752. The number of hydrogen-bond acceptors (Lipinski definition) is 4. The Morgan fingerprint density at radius 2 is 0.812 bits per heavy atom. The molecule has 3 aromatic carbocycles. The molecule has 48 heavy (non-hydrogen) atoms. The van der Waals surface area contributed by atoms with Gasteiger partial charge in [-0.25, -0.2) is 0 Å². The minimum Gasteiger partial charge on any atom is -0.305 e. The van der Waals surface area contributed by atoms with Crippen molar-refractivity contribution in [3.8, 4) is 22.5 Å². The number of fused-ring (bicyclic) bond motifs is 3. The summed E-state index contributed by atoms with van der Waals surface area (Å²) in [7, 11) is -10.7. The third-order valence-electron chi connectivity index (χ3n) is 5.78. The maximum absolute atomic E-state index is 12.6. The normalized spacial score (nSPS) is 11.9. The Morgan fingerprint density at radius 3 is 1.12 bits per heavy atom. The van der Waals surface area contributed by atoms with Crippen LogP contribution in [0.25, 0.3) is 44.3 Å². The van der Waals surface area contributed by atoms with Crippen molar-refractivity contribution < 1.29 is 54.1 Å². The molecular weight excluding hydrogens is 840 g/mol. The number of aromatic nitrogens is 4. The van der Waals surface area contributed by atoms with Gasteiger partial charge in [0, 0.05) is 47.2 Å². The van der Waals surface area contributed by atoms with Crippen LogP contribution >= 0.6 is 7.81 Å². The van der Waals surface area contributed by atoms with Crippen LogP contribution in [0.3, 0.4) is 0 Å². The first-order valence-corrected chi connectivity index (χ1v) is 15.5. The fraction of sp³-hybridized carbons (Fsp3) is 0. The summed E-state index contributed by atoms with van der Waals surface area (Å²) in [4.78, 5) is 16.9. The minimum atomic E-state index is -10.7. The van der Waals surface area contributed by atoms with Crippen LogP contribution in [0.15, 0.2) is 134 Å². The predicted molar refractivity (Wildman–Crippen MR) is 168 cm³/mol. The van der Waals surface area contributed by atoms with Crippen LogP contribution in [0.4, 0.5) is 34.0 Å². The molecule has 248 valence electrons. The van der Waals surface area contributed by atoms with E-state index in [1.807, 2.05) is 48.5 Å². The molecule has 0 fully saturated rings. The van der Waals surface area contributed by atoms with Gasteiger partial charge in [0.2, 0.25) is 0 Å². The summed E-state index contributed by atoms with van der Waals surface area (Å²) in [6, 6.07) is 37.7. The van der Waals surface area contributed by atoms with Crippen molar-refractivity contribution in [2.45, 2.75) is 0 Å². The second-order valence-electron chi connectivity index (χ2n) is 9.45. The first-order chi connectivity index (χ1) is 22.1. The number of benzene rings is 3. The Labute approximate surface area is 283 Å². The molecule has 0 aliphatic heterocycles. The van der Waals surface area contributed by atoms with E-state index in [9.17, 15) is 34.0 Å². The van der Waals surface area contributed by atoms with E-state index < -0.39 is 7.81 Å². The van der Waals surface area contributed by atoms with Gasteiger partial charge >= 0.3 is 53.1 Å². The molecule has 0 aliphatic rings. The van der Waals surface area contributed by atoms with Gasteiger partial charge in [-0.15, -0.1) is 59.7 Å². The zero-order valence-electron chi connectivity index (χ0n) is 24.3. The van der Waals surface area contributed by atoms with E-state index in [4.69, 9.17) is 0 Å². The molecule has 0 bridgehead atoms. The fourth-order valence-electron chi connectivity index (χ4n) is 3.85. The van der Waals surface area contributed by atoms with E-state index >= 15 is 0 Å². The maximum atomic E-state index is 12.6. The average molecular weight is 862 g/mol. The molecular formula is C34H22F8IrN4P. The third-order valence-corrected chi connectivity index (χ3v) is 5.78. The molecule has 0 spiro atoms.